The average Bonchev–Trinajstić information content (AvgIpc) is 2.84. The highest BCUT2D eigenvalue weighted by Crippen LogP contribution is 2.16. The number of carbonyl (C=O) groups excluding carboxylic acids is 1. The quantitative estimate of drug-likeness (QED) is 0.440. The van der Waals surface area contributed by atoms with E-state index in [1.165, 1.54) is 19.3 Å². The number of amides is 1. The molecule has 1 aromatic rings. The molecular formula is C20H35N7O2. The number of carbonyl (C=O) groups is 1. The van der Waals surface area contributed by atoms with Crippen molar-refractivity contribution in [3.63, 3.8) is 0 Å². The Labute approximate surface area is 173 Å². The Balaban J connectivity index is 1.35. The van der Waals surface area contributed by atoms with E-state index in [1.807, 2.05) is 20.8 Å². The molecule has 162 valence electrons. The van der Waals surface area contributed by atoms with Crippen LogP contribution in [0.2, 0.25) is 0 Å². The minimum Gasteiger partial charge on any atom is -0.444 e. The van der Waals surface area contributed by atoms with Crippen molar-refractivity contribution in [1.82, 2.24) is 30.3 Å². The van der Waals surface area contributed by atoms with Crippen LogP contribution in [-0.4, -0.2) is 70.0 Å². The summed E-state index contributed by atoms with van der Waals surface area (Å²) in [6, 6.07) is 0.195. The summed E-state index contributed by atoms with van der Waals surface area (Å²) >= 11 is 0. The molecule has 9 heteroatoms. The van der Waals surface area contributed by atoms with Gasteiger partial charge in [-0.1, -0.05) is 6.42 Å². The Bertz CT molecular complexity index is 717. The van der Waals surface area contributed by atoms with Gasteiger partial charge < -0.3 is 24.8 Å². The Morgan fingerprint density at radius 1 is 1.24 bits per heavy atom. The predicted octanol–water partition coefficient (Wildman–Crippen LogP) is 1.72. The Kier molecular flexibility index (Phi) is 6.97. The van der Waals surface area contributed by atoms with Crippen molar-refractivity contribution in [2.24, 2.45) is 4.99 Å². The number of likely N-dealkylation sites (tertiary alicyclic amines) is 1. The molecule has 0 aromatic carbocycles. The third kappa shape index (κ3) is 6.08. The lowest BCUT2D eigenvalue weighted by Crippen LogP contribution is -2.63. The largest absolute Gasteiger partial charge is 0.444 e. The standard InChI is InChI=1S/C20H35N7O2/c1-20(2,3)29-19(28)26-13-15(14-26)23-18(21-4)22-11-8-10-17-25-24-16-9-6-5-7-12-27(16)17/h15H,5-14H2,1-4H3,(H2,21,22,23). The third-order valence-corrected chi connectivity index (χ3v) is 5.15. The molecule has 1 fully saturated rings. The Morgan fingerprint density at radius 2 is 2.03 bits per heavy atom. The zero-order chi connectivity index (χ0) is 20.9. The van der Waals surface area contributed by atoms with E-state index in [0.29, 0.717) is 13.1 Å². The molecule has 1 saturated heterocycles. The van der Waals surface area contributed by atoms with Gasteiger partial charge in [-0.15, -0.1) is 10.2 Å². The van der Waals surface area contributed by atoms with Crippen LogP contribution < -0.4 is 10.6 Å². The third-order valence-electron chi connectivity index (χ3n) is 5.15. The highest BCUT2D eigenvalue weighted by Gasteiger charge is 2.34. The van der Waals surface area contributed by atoms with Crippen molar-refractivity contribution >= 4 is 12.1 Å². The Morgan fingerprint density at radius 3 is 2.76 bits per heavy atom. The first-order valence-corrected chi connectivity index (χ1v) is 10.7. The molecule has 0 saturated carbocycles. The molecule has 2 aliphatic heterocycles. The molecule has 2 aliphatic rings. The van der Waals surface area contributed by atoms with E-state index in [2.05, 4.69) is 30.4 Å². The summed E-state index contributed by atoms with van der Waals surface area (Å²) in [5.41, 5.74) is -0.462. The van der Waals surface area contributed by atoms with Crippen molar-refractivity contribution in [2.45, 2.75) is 77.5 Å². The van der Waals surface area contributed by atoms with Crippen LogP contribution in [0, 0.1) is 0 Å². The van der Waals surface area contributed by atoms with Gasteiger partial charge in [-0.2, -0.15) is 0 Å². The van der Waals surface area contributed by atoms with Gasteiger partial charge in [0.1, 0.15) is 17.2 Å². The second-order valence-corrected chi connectivity index (χ2v) is 8.82. The summed E-state index contributed by atoms with van der Waals surface area (Å²) in [6.45, 7) is 8.74. The van der Waals surface area contributed by atoms with Gasteiger partial charge in [0.15, 0.2) is 5.96 Å². The van der Waals surface area contributed by atoms with Crippen molar-refractivity contribution in [3.8, 4) is 0 Å². The van der Waals surface area contributed by atoms with E-state index < -0.39 is 5.60 Å². The first kappa shape index (κ1) is 21.4. The number of aliphatic imine (C=N–C) groups is 1. The van der Waals surface area contributed by atoms with Crippen LogP contribution in [0.3, 0.4) is 0 Å². The minimum atomic E-state index is -0.462. The van der Waals surface area contributed by atoms with Crippen molar-refractivity contribution in [3.05, 3.63) is 11.6 Å². The minimum absolute atomic E-state index is 0.195. The number of nitrogens with zero attached hydrogens (tertiary/aromatic N) is 5. The van der Waals surface area contributed by atoms with Crippen LogP contribution in [0.25, 0.3) is 0 Å². The molecule has 2 N–H and O–H groups in total. The van der Waals surface area contributed by atoms with Crippen molar-refractivity contribution < 1.29 is 9.53 Å². The van der Waals surface area contributed by atoms with Crippen molar-refractivity contribution in [1.29, 1.82) is 0 Å². The highest BCUT2D eigenvalue weighted by atomic mass is 16.6. The molecule has 1 amide bonds. The van der Waals surface area contributed by atoms with Crippen molar-refractivity contribution in [2.75, 3.05) is 26.7 Å². The van der Waals surface area contributed by atoms with Gasteiger partial charge >= 0.3 is 6.09 Å². The van der Waals surface area contributed by atoms with Gasteiger partial charge in [0.25, 0.3) is 0 Å². The maximum Gasteiger partial charge on any atom is 0.410 e. The van der Waals surface area contributed by atoms with Crippen LogP contribution in [0.4, 0.5) is 4.79 Å². The molecule has 0 unspecified atom stereocenters. The normalized spacial score (nSPS) is 17.9. The number of aromatic nitrogens is 3. The Hall–Kier alpha value is -2.32. The van der Waals surface area contributed by atoms with Gasteiger partial charge in [-0.05, 0) is 40.0 Å². The second kappa shape index (κ2) is 9.45. The summed E-state index contributed by atoms with van der Waals surface area (Å²) in [6.07, 6.45) is 6.37. The monoisotopic (exact) mass is 405 g/mol. The maximum absolute atomic E-state index is 12.0. The topological polar surface area (TPSA) is 96.7 Å². The molecule has 0 spiro atoms. The first-order chi connectivity index (χ1) is 13.9. The smallest absolute Gasteiger partial charge is 0.410 e. The van der Waals surface area contributed by atoms with Gasteiger partial charge in [0.2, 0.25) is 0 Å². The number of guanidine groups is 1. The second-order valence-electron chi connectivity index (χ2n) is 8.82. The van der Waals surface area contributed by atoms with E-state index in [4.69, 9.17) is 4.74 Å². The molecule has 0 radical (unpaired) electrons. The summed E-state index contributed by atoms with van der Waals surface area (Å²) in [4.78, 5) is 18.0. The van der Waals surface area contributed by atoms with E-state index in [1.54, 1.807) is 11.9 Å². The fourth-order valence-corrected chi connectivity index (χ4v) is 3.62. The molecule has 0 atom stereocenters. The summed E-state index contributed by atoms with van der Waals surface area (Å²) in [5.74, 6) is 3.00. The summed E-state index contributed by atoms with van der Waals surface area (Å²) in [7, 11) is 1.76. The SMILES string of the molecule is CN=C(NCCCc1nnc2n1CCCCC2)NC1CN(C(=O)OC(C)(C)C)C1. The lowest BCUT2D eigenvalue weighted by molar-refractivity contribution is 0.00701. The van der Waals surface area contributed by atoms with Gasteiger partial charge in [-0.25, -0.2) is 4.79 Å². The van der Waals surface area contributed by atoms with E-state index >= 15 is 0 Å². The van der Waals surface area contributed by atoms with Crippen LogP contribution in [0.15, 0.2) is 4.99 Å². The zero-order valence-electron chi connectivity index (χ0n) is 18.2. The molecule has 0 aliphatic carbocycles. The summed E-state index contributed by atoms with van der Waals surface area (Å²) in [5, 5.41) is 15.5. The van der Waals surface area contributed by atoms with Gasteiger partial charge in [-0.3, -0.25) is 4.99 Å². The molecule has 1 aromatic heterocycles. The van der Waals surface area contributed by atoms with E-state index in [9.17, 15) is 4.79 Å². The van der Waals surface area contributed by atoms with Crippen LogP contribution in [-0.2, 0) is 24.1 Å². The number of aryl methyl sites for hydroxylation is 2. The van der Waals surface area contributed by atoms with Gasteiger partial charge in [0.05, 0.1) is 6.04 Å². The number of fused-ring (bicyclic) bond motifs is 1. The number of hydrogen-bond acceptors (Lipinski definition) is 5. The van der Waals surface area contributed by atoms with Crippen LogP contribution in [0.1, 0.15) is 58.1 Å². The number of hydrogen-bond donors (Lipinski definition) is 2. The number of nitrogens with one attached hydrogen (secondary N) is 2. The first-order valence-electron chi connectivity index (χ1n) is 10.7. The average molecular weight is 406 g/mol. The zero-order valence-corrected chi connectivity index (χ0v) is 18.2. The van der Waals surface area contributed by atoms with Crippen LogP contribution >= 0.6 is 0 Å². The van der Waals surface area contributed by atoms with E-state index in [0.717, 1.165) is 50.0 Å². The molecule has 0 bridgehead atoms. The lowest BCUT2D eigenvalue weighted by Gasteiger charge is -2.40. The molecule has 29 heavy (non-hydrogen) atoms. The molecular weight excluding hydrogens is 370 g/mol. The lowest BCUT2D eigenvalue weighted by atomic mass is 10.1. The summed E-state index contributed by atoms with van der Waals surface area (Å²) < 4.78 is 7.69. The fraction of sp³-hybridized carbons (Fsp3) is 0.800. The van der Waals surface area contributed by atoms with E-state index in [-0.39, 0.29) is 12.1 Å². The fourth-order valence-electron chi connectivity index (χ4n) is 3.62. The van der Waals surface area contributed by atoms with Crippen LogP contribution in [0.5, 0.6) is 0 Å². The molecule has 3 heterocycles. The van der Waals surface area contributed by atoms with Gasteiger partial charge in [0, 0.05) is 46.1 Å². The maximum atomic E-state index is 12.0. The number of ether oxygens (including phenoxy) is 1. The molecule has 9 nitrogen and oxygen atoms in total. The highest BCUT2D eigenvalue weighted by molar-refractivity contribution is 5.80. The molecule has 3 rings (SSSR count). The predicted molar refractivity (Wildman–Crippen MR) is 112 cm³/mol. The number of rotatable bonds is 5.